The Morgan fingerprint density at radius 1 is 0.398 bits per heavy atom. The molecular weight excluding hydrogens is 1320 g/mol. The van der Waals surface area contributed by atoms with E-state index in [0.29, 0.717) is 17.4 Å². The molecule has 2 bridgehead atoms. The summed E-state index contributed by atoms with van der Waals surface area (Å²) in [7, 11) is 4.15. The van der Waals surface area contributed by atoms with Crippen LogP contribution in [0.1, 0.15) is 350 Å². The molecule has 0 radical (unpaired) electrons. The van der Waals surface area contributed by atoms with Crippen LogP contribution in [0, 0.1) is 28.6 Å². The van der Waals surface area contributed by atoms with Gasteiger partial charge in [0.15, 0.2) is 0 Å². The number of alkyl halides is 2. The van der Waals surface area contributed by atoms with E-state index in [1.807, 2.05) is 13.8 Å². The van der Waals surface area contributed by atoms with Gasteiger partial charge in [-0.2, -0.15) is 0 Å². The zero-order chi connectivity index (χ0) is 82.6. The third-order valence-corrected chi connectivity index (χ3v) is 23.9. The zero-order valence-corrected chi connectivity index (χ0v) is 77.5. The summed E-state index contributed by atoms with van der Waals surface area (Å²) in [5.74, 6) is 1.41. The Balaban J connectivity index is 0.000000407. The number of rotatable bonds is 8. The predicted octanol–water partition coefficient (Wildman–Crippen LogP) is 28.1. The molecule has 4 heterocycles. The molecule has 0 aromatic heterocycles. The van der Waals surface area contributed by atoms with Crippen LogP contribution in [0.15, 0.2) is 115 Å². The molecule has 4 saturated carbocycles. The lowest BCUT2D eigenvalue weighted by Gasteiger charge is -2.68. The van der Waals surface area contributed by atoms with Crippen molar-refractivity contribution in [1.82, 2.24) is 24.5 Å². The van der Waals surface area contributed by atoms with E-state index in [1.165, 1.54) is 166 Å². The molecule has 0 spiro atoms. The van der Waals surface area contributed by atoms with Crippen LogP contribution in [0.25, 0.3) is 10.8 Å². The van der Waals surface area contributed by atoms with Gasteiger partial charge in [-0.3, -0.25) is 4.90 Å². The third-order valence-electron chi connectivity index (χ3n) is 23.9. The van der Waals surface area contributed by atoms with Crippen LogP contribution in [-0.4, -0.2) is 127 Å². The van der Waals surface area contributed by atoms with Gasteiger partial charge in [0.25, 0.3) is 5.92 Å². The summed E-state index contributed by atoms with van der Waals surface area (Å²) < 4.78 is 24.2. The van der Waals surface area contributed by atoms with Gasteiger partial charge in [-0.15, -0.1) is 0 Å². The van der Waals surface area contributed by atoms with Crippen LogP contribution in [0.3, 0.4) is 0 Å². The minimum Gasteiger partial charge on any atom is -0.307 e. The van der Waals surface area contributed by atoms with E-state index in [9.17, 15) is 8.78 Å². The van der Waals surface area contributed by atoms with Gasteiger partial charge in [-0.1, -0.05) is 300 Å². The fourth-order valence-corrected chi connectivity index (χ4v) is 13.9. The lowest BCUT2D eigenvalue weighted by molar-refractivity contribution is -0.181. The van der Waals surface area contributed by atoms with E-state index in [2.05, 4.69) is 364 Å². The van der Waals surface area contributed by atoms with Crippen LogP contribution in [0.5, 0.6) is 0 Å². The molecule has 0 amide bonds. The molecule has 5 nitrogen and oxygen atoms in total. The minimum absolute atomic E-state index is 0.0509. The SMILES string of the molecule is CC(C)(C)C12CC(C1)C2.CC(C)(C)c1ccc(C(C)(C)C)cc1.CC(C)(C)c1cccc2ccccc12.CC(C)C1CCC1.CC(C)N(C)C.CC(C)N1CC(F)(F)C1.CC(C)N1CCC1.CC(C)N1CCCC1.CC(C)N1CCCCC1.CC(C)c1ccc(C(C)(C)C)cc1.CCc1ccc(C(C)(C)C)cc1. The first-order valence-corrected chi connectivity index (χ1v) is 43.5. The number of benzene rings is 5. The molecule has 108 heavy (non-hydrogen) atoms. The lowest BCUT2D eigenvalue weighted by atomic mass is 9.37. The maximum absolute atomic E-state index is 12.1. The molecular formula is C101H175F2N5. The summed E-state index contributed by atoms with van der Waals surface area (Å²) >= 11 is 0. The second-order valence-electron chi connectivity index (χ2n) is 41.5. The van der Waals surface area contributed by atoms with Crippen molar-refractivity contribution in [3.8, 4) is 0 Å². The summed E-state index contributed by atoms with van der Waals surface area (Å²) in [6.45, 7) is 81.9. The van der Waals surface area contributed by atoms with E-state index >= 15 is 0 Å². The van der Waals surface area contributed by atoms with Crippen molar-refractivity contribution in [2.45, 2.75) is 381 Å². The van der Waals surface area contributed by atoms with Crippen molar-refractivity contribution in [1.29, 1.82) is 0 Å². The number of hydrogen-bond acceptors (Lipinski definition) is 5. The van der Waals surface area contributed by atoms with Gasteiger partial charge in [-0.05, 0) is 292 Å². The third kappa shape index (κ3) is 36.9. The zero-order valence-electron chi connectivity index (χ0n) is 77.5. The molecule has 5 aromatic carbocycles. The molecule has 0 N–H and O–H groups in total. The lowest BCUT2D eigenvalue weighted by Crippen LogP contribution is -2.58. The van der Waals surface area contributed by atoms with Gasteiger partial charge in [0.05, 0.1) is 13.1 Å². The molecule has 4 aliphatic heterocycles. The molecule has 0 unspecified atom stereocenters. The second-order valence-corrected chi connectivity index (χ2v) is 41.5. The predicted molar refractivity (Wildman–Crippen MR) is 480 cm³/mol. The summed E-state index contributed by atoms with van der Waals surface area (Å²) in [6.07, 6.45) is 18.8. The van der Waals surface area contributed by atoms with Gasteiger partial charge < -0.3 is 19.6 Å². The Hall–Kier alpha value is -3.98. The highest BCUT2D eigenvalue weighted by molar-refractivity contribution is 5.86. The monoisotopic (exact) mass is 1500 g/mol. The van der Waals surface area contributed by atoms with E-state index in [4.69, 9.17) is 0 Å². The number of nitrogens with zero attached hydrogens (tertiary/aromatic N) is 5. The molecule has 0 atom stereocenters. The van der Waals surface area contributed by atoms with E-state index < -0.39 is 5.92 Å². The van der Waals surface area contributed by atoms with Crippen LogP contribution >= 0.6 is 0 Å². The molecule has 5 aromatic rings. The van der Waals surface area contributed by atoms with Crippen LogP contribution in [-0.2, 0) is 33.5 Å². The highest BCUT2D eigenvalue weighted by Crippen LogP contribution is 2.71. The molecule has 7 heteroatoms. The van der Waals surface area contributed by atoms with Crippen molar-refractivity contribution >= 4 is 10.8 Å². The van der Waals surface area contributed by atoms with Crippen LogP contribution in [0.2, 0.25) is 0 Å². The molecule has 8 aliphatic rings. The van der Waals surface area contributed by atoms with E-state index in [0.717, 1.165) is 47.7 Å². The number of fused-ring (bicyclic) bond motifs is 1. The van der Waals surface area contributed by atoms with Crippen LogP contribution < -0.4 is 0 Å². The van der Waals surface area contributed by atoms with E-state index in [1.54, 1.807) is 4.90 Å². The largest absolute Gasteiger partial charge is 0.307 e. The average Bonchev–Trinajstić information content (AvgIpc) is 0.775. The number of hydrogen-bond donors (Lipinski definition) is 0. The van der Waals surface area contributed by atoms with E-state index in [-0.39, 0.29) is 46.2 Å². The fourth-order valence-electron chi connectivity index (χ4n) is 13.9. The first-order valence-electron chi connectivity index (χ1n) is 43.5. The Morgan fingerprint density at radius 2 is 0.731 bits per heavy atom. The van der Waals surface area contributed by atoms with Gasteiger partial charge in [0.2, 0.25) is 0 Å². The highest BCUT2D eigenvalue weighted by Gasteiger charge is 2.61. The molecule has 4 aliphatic carbocycles. The Kier molecular flexibility index (Phi) is 42.4. The highest BCUT2D eigenvalue weighted by atomic mass is 19.3. The number of likely N-dealkylation sites (tertiary alicyclic amines) is 4. The second kappa shape index (κ2) is 45.8. The van der Waals surface area contributed by atoms with Gasteiger partial charge in [0.1, 0.15) is 0 Å². The van der Waals surface area contributed by atoms with Crippen molar-refractivity contribution in [3.05, 3.63) is 154 Å². The summed E-state index contributed by atoms with van der Waals surface area (Å²) in [5, 5.41) is 2.71. The Labute approximate surface area is 670 Å². The molecule has 13 rings (SSSR count). The van der Waals surface area contributed by atoms with Gasteiger partial charge in [-0.25, -0.2) is 8.78 Å². The van der Waals surface area contributed by atoms with Crippen LogP contribution in [0.4, 0.5) is 8.78 Å². The molecule has 4 saturated heterocycles. The maximum Gasteiger partial charge on any atom is 0.272 e. The van der Waals surface area contributed by atoms with Gasteiger partial charge >= 0.3 is 0 Å². The first kappa shape index (κ1) is 100. The number of piperidine rings is 1. The summed E-state index contributed by atoms with van der Waals surface area (Å²) in [5.41, 5.74) is 12.6. The van der Waals surface area contributed by atoms with Crippen molar-refractivity contribution in [3.63, 3.8) is 0 Å². The number of halogens is 2. The first-order chi connectivity index (χ1) is 49.7. The quantitative estimate of drug-likeness (QED) is 0.153. The van der Waals surface area contributed by atoms with Crippen molar-refractivity contribution < 1.29 is 8.78 Å². The molecule has 8 fully saturated rings. The smallest absolute Gasteiger partial charge is 0.272 e. The average molecular weight is 1500 g/mol. The van der Waals surface area contributed by atoms with Crippen molar-refractivity contribution in [2.75, 3.05) is 66.5 Å². The Morgan fingerprint density at radius 3 is 0.944 bits per heavy atom. The fraction of sp³-hybridized carbons (Fsp3) is 0.723. The molecule has 618 valence electrons. The summed E-state index contributed by atoms with van der Waals surface area (Å²) in [6, 6.07) is 45.3. The van der Waals surface area contributed by atoms with Crippen molar-refractivity contribution in [2.24, 2.45) is 28.6 Å². The number of aryl methyl sites for hydroxylation is 1. The maximum atomic E-state index is 12.1. The minimum atomic E-state index is -2.40. The van der Waals surface area contributed by atoms with Gasteiger partial charge in [0, 0.05) is 30.2 Å². The standard InChI is InChI=1S/C14H16.C14H22.C13H20.C12H18.C9H16.C8H17N.C7H15N.C7H14.C6H11F2N.C6H13N.C5H13N/c1-14(2,3)13-10-6-8-11-7-4-5-9-12(11)13;1-13(2,3)11-7-9-12(10-8-11)14(4,5)6;1-10(2)11-6-8-12(9-7-11)13(3,4)5;1-5-10-6-8-11(9-7-10)12(2,3)4;1-8(2,3)9-4-7(5-9)6-9;1-8(2)9-6-4-3-5-7-9;1-7(2)8-5-3-4-6-8;1-6(2)7-4-3-5-7;1-5(2)9-3-6(7,8)4-9;1-6(2)7-4-3-5-7;1-5(2)6(3)4/h4-10H,1-3H3;7-10H,1-6H3;6-10H,1-5H3;6-9H,5H2,1-4H3;7H,4-6H2,1-3H3;8H,3-7H2,1-2H3;7H,3-6H2,1-2H3;6-7H,3-5H2,1-2H3;5H,3-4H2,1-2H3;6H,3-5H2,1-2H3;5H,1-4H3. The normalized spacial score (nSPS) is 19.3. The topological polar surface area (TPSA) is 16.2 Å². The summed E-state index contributed by atoms with van der Waals surface area (Å²) in [4.78, 5) is 11.5. The Bertz CT molecular complexity index is 3050.